The molecule has 2 N–H and O–H groups in total. The normalized spacial score (nSPS) is 6.80. The molecule has 1 radical (unpaired) electrons. The molecule has 0 saturated carbocycles. The first kappa shape index (κ1) is 16.6. The minimum absolute atomic E-state index is 0. The number of carbonyl (C=O) groups is 2. The Morgan fingerprint density at radius 3 is 1.30 bits per heavy atom. The van der Waals surface area contributed by atoms with Crippen LogP contribution in [0.2, 0.25) is 0 Å². The molecule has 0 atom stereocenters. The summed E-state index contributed by atoms with van der Waals surface area (Å²) >= 11 is 0. The standard InChI is InChI=1S/C4H6O4.Cu.Zn/c5-3(6)1-2-4(7)8;;/h1-2H2,(H,5,6)(H,7,8);;/q;2*+2. The summed E-state index contributed by atoms with van der Waals surface area (Å²) in [6, 6.07) is 0. The van der Waals surface area contributed by atoms with Gasteiger partial charge in [0.25, 0.3) is 0 Å². The first-order chi connectivity index (χ1) is 3.63. The fraction of sp³-hybridized carbons (Fsp3) is 0.500. The van der Waals surface area contributed by atoms with Crippen molar-refractivity contribution < 1.29 is 56.3 Å². The second kappa shape index (κ2) is 9.08. The second-order valence-corrected chi connectivity index (χ2v) is 1.29. The van der Waals surface area contributed by atoms with Crippen LogP contribution < -0.4 is 0 Å². The monoisotopic (exact) mass is 245 g/mol. The van der Waals surface area contributed by atoms with Gasteiger partial charge in [0.2, 0.25) is 0 Å². The smallest absolute Gasteiger partial charge is 0.481 e. The molecule has 0 saturated heterocycles. The fourth-order valence-electron chi connectivity index (χ4n) is 0.214. The zero-order chi connectivity index (χ0) is 6.57. The van der Waals surface area contributed by atoms with E-state index < -0.39 is 11.9 Å². The summed E-state index contributed by atoms with van der Waals surface area (Å²) in [6.45, 7) is 0. The van der Waals surface area contributed by atoms with E-state index in [-0.39, 0.29) is 49.4 Å². The molecule has 0 bridgehead atoms. The first-order valence-corrected chi connectivity index (χ1v) is 2.06. The molecule has 0 fully saturated rings. The third-order valence-corrected chi connectivity index (χ3v) is 0.553. The van der Waals surface area contributed by atoms with Crippen LogP contribution in [0.3, 0.4) is 0 Å². The van der Waals surface area contributed by atoms with Gasteiger partial charge in [-0.05, 0) is 0 Å². The molecule has 0 aliphatic rings. The zero-order valence-corrected chi connectivity index (χ0v) is 9.04. The van der Waals surface area contributed by atoms with E-state index in [1.54, 1.807) is 0 Å². The number of hydrogen-bond donors (Lipinski definition) is 2. The maximum absolute atomic E-state index is 9.64. The van der Waals surface area contributed by atoms with E-state index in [4.69, 9.17) is 10.2 Å². The summed E-state index contributed by atoms with van der Waals surface area (Å²) in [4.78, 5) is 19.3. The number of rotatable bonds is 3. The molecule has 0 aliphatic heterocycles. The minimum atomic E-state index is -1.08. The van der Waals surface area contributed by atoms with Crippen molar-refractivity contribution in [1.29, 1.82) is 0 Å². The van der Waals surface area contributed by atoms with Crippen LogP contribution in [0.4, 0.5) is 0 Å². The predicted molar refractivity (Wildman–Crippen MR) is 24.5 cm³/mol. The molecular weight excluding hydrogens is 241 g/mol. The van der Waals surface area contributed by atoms with Crippen molar-refractivity contribution in [3.63, 3.8) is 0 Å². The summed E-state index contributed by atoms with van der Waals surface area (Å²) in [5, 5.41) is 15.8. The van der Waals surface area contributed by atoms with Crippen LogP contribution in [-0.4, -0.2) is 22.2 Å². The number of carboxylic acid groups (broad SMARTS) is 2. The molecule has 0 aromatic carbocycles. The molecule has 0 rings (SSSR count). The average molecular weight is 247 g/mol. The number of carboxylic acids is 2. The molecule has 55 valence electrons. The van der Waals surface area contributed by atoms with Crippen molar-refractivity contribution >= 4 is 11.9 Å². The van der Waals surface area contributed by atoms with Gasteiger partial charge in [-0.25, -0.2) is 0 Å². The Morgan fingerprint density at radius 2 is 1.20 bits per heavy atom. The number of hydrogen-bond acceptors (Lipinski definition) is 2. The van der Waals surface area contributed by atoms with Crippen LogP contribution in [0.15, 0.2) is 0 Å². The van der Waals surface area contributed by atoms with Gasteiger partial charge in [-0.15, -0.1) is 0 Å². The molecule has 0 aliphatic carbocycles. The summed E-state index contributed by atoms with van der Waals surface area (Å²) in [6.07, 6.45) is -0.593. The van der Waals surface area contributed by atoms with Crippen molar-refractivity contribution in [2.24, 2.45) is 0 Å². The first-order valence-electron chi connectivity index (χ1n) is 2.06. The van der Waals surface area contributed by atoms with Gasteiger partial charge in [-0.2, -0.15) is 0 Å². The molecule has 10 heavy (non-hydrogen) atoms. The Kier molecular flexibility index (Phi) is 15.1. The Balaban J connectivity index is -0.000000245. The number of aliphatic carboxylic acids is 2. The van der Waals surface area contributed by atoms with Crippen molar-refractivity contribution in [1.82, 2.24) is 0 Å². The Bertz CT molecular complexity index is 102. The molecule has 0 heterocycles. The van der Waals surface area contributed by atoms with E-state index in [9.17, 15) is 9.59 Å². The van der Waals surface area contributed by atoms with E-state index in [0.29, 0.717) is 0 Å². The largest absolute Gasteiger partial charge is 2.00 e. The Labute approximate surface area is 81.2 Å². The maximum atomic E-state index is 9.64. The van der Waals surface area contributed by atoms with Crippen molar-refractivity contribution in [3.05, 3.63) is 0 Å². The van der Waals surface area contributed by atoms with Gasteiger partial charge in [0.15, 0.2) is 0 Å². The van der Waals surface area contributed by atoms with E-state index in [2.05, 4.69) is 0 Å². The van der Waals surface area contributed by atoms with Crippen LogP contribution in [0, 0.1) is 0 Å². The fourth-order valence-corrected chi connectivity index (χ4v) is 0.214. The van der Waals surface area contributed by atoms with Crippen LogP contribution in [0.1, 0.15) is 12.8 Å². The molecule has 4 nitrogen and oxygen atoms in total. The molecule has 0 amide bonds. The van der Waals surface area contributed by atoms with Crippen LogP contribution in [0.25, 0.3) is 0 Å². The van der Waals surface area contributed by atoms with Gasteiger partial charge in [0, 0.05) is 0 Å². The van der Waals surface area contributed by atoms with E-state index >= 15 is 0 Å². The predicted octanol–water partition coefficient (Wildman–Crippen LogP) is -0.0692. The van der Waals surface area contributed by atoms with Gasteiger partial charge >= 0.3 is 48.5 Å². The van der Waals surface area contributed by atoms with Crippen molar-refractivity contribution in [2.75, 3.05) is 0 Å². The summed E-state index contributed by atoms with van der Waals surface area (Å²) in [5.41, 5.74) is 0. The third kappa shape index (κ3) is 15.7. The average Bonchev–Trinajstić information content (AvgIpc) is 1.61. The molecule has 0 aromatic rings. The maximum Gasteiger partial charge on any atom is 2.00 e. The van der Waals surface area contributed by atoms with Gasteiger partial charge in [-0.1, -0.05) is 0 Å². The molecule has 6 heteroatoms. The molecule has 0 spiro atoms. The van der Waals surface area contributed by atoms with Gasteiger partial charge in [-0.3, -0.25) is 9.59 Å². The van der Waals surface area contributed by atoms with Crippen molar-refractivity contribution in [3.8, 4) is 0 Å². The van der Waals surface area contributed by atoms with Crippen molar-refractivity contribution in [2.45, 2.75) is 12.8 Å². The van der Waals surface area contributed by atoms with Gasteiger partial charge < -0.3 is 10.2 Å². The van der Waals surface area contributed by atoms with Gasteiger partial charge in [0.05, 0.1) is 12.8 Å². The topological polar surface area (TPSA) is 74.6 Å². The van der Waals surface area contributed by atoms with E-state index in [1.807, 2.05) is 0 Å². The third-order valence-electron chi connectivity index (χ3n) is 0.553. The SMILES string of the molecule is O=C(O)CCC(=O)O.[Cu+2].[Zn+2]. The van der Waals surface area contributed by atoms with Crippen LogP contribution in [0.5, 0.6) is 0 Å². The van der Waals surface area contributed by atoms with E-state index in [0.717, 1.165) is 0 Å². The molecular formula is C4H6CuO4Zn+4. The minimum Gasteiger partial charge on any atom is -0.481 e. The Hall–Kier alpha value is 0.0829. The molecule has 0 unspecified atom stereocenters. The summed E-state index contributed by atoms with van der Waals surface area (Å²) in [7, 11) is 0. The van der Waals surface area contributed by atoms with Crippen LogP contribution in [-0.2, 0) is 46.1 Å². The summed E-state index contributed by atoms with van der Waals surface area (Å²) < 4.78 is 0. The van der Waals surface area contributed by atoms with Crippen LogP contribution >= 0.6 is 0 Å². The molecule has 0 aromatic heterocycles. The van der Waals surface area contributed by atoms with E-state index in [1.165, 1.54) is 0 Å². The van der Waals surface area contributed by atoms with Gasteiger partial charge in [0.1, 0.15) is 0 Å². The zero-order valence-electron chi connectivity index (χ0n) is 5.13. The second-order valence-electron chi connectivity index (χ2n) is 1.29. The quantitative estimate of drug-likeness (QED) is 0.684. The Morgan fingerprint density at radius 1 is 1.00 bits per heavy atom. The summed E-state index contributed by atoms with van der Waals surface area (Å²) in [5.74, 6) is -2.15.